The number of amidine groups is 1. The van der Waals surface area contributed by atoms with Gasteiger partial charge in [-0.2, -0.15) is 0 Å². The molecule has 6 atom stereocenters. The lowest BCUT2D eigenvalue weighted by Gasteiger charge is -2.46. The van der Waals surface area contributed by atoms with E-state index in [0.29, 0.717) is 43.0 Å². The minimum atomic E-state index is -2.48. The molecule has 4 aliphatic heterocycles. The standard InChI is InChI=1S/C36H38N4O12/c37-27-10-7-19(40-27)11-12-48-21-8-5-18(6-9-21)24-13-23(41)28-25(50-24)14-26(31(29(28)42)49-22-3-1-2-4-22)51-35-30(43)32(44)36(47,33(52-35)34(45)46)15-20-16-38-17-39-20/h5-10,13-14,17,22,24,30,32-33,35,37,41-44,47H,1-4,11-12,15-16H2,(H,45,46)/p+1/t24?,30-,32+,33-,35-,36+/m1/s1. The SMILES string of the molecule is [NH2+]=C1C=CC(CCOc2ccc(C3C=C(O)c4c(cc(O[C@@H]5O[C@H](C(=O)O)[C@](O)(CC6=NC=NC6)[C@@H](O)[C@H]5O)c(OC5CCCC5)c4O)O3)cc2)=N1. The van der Waals surface area contributed by atoms with Crippen molar-refractivity contribution in [2.75, 3.05) is 13.2 Å². The molecule has 0 aromatic heterocycles. The molecule has 7 rings (SSSR count). The summed E-state index contributed by atoms with van der Waals surface area (Å²) < 4.78 is 29.8. The number of aliphatic hydroxyl groups excluding tert-OH is 3. The fourth-order valence-electron chi connectivity index (χ4n) is 6.83. The number of ether oxygens (including phenoxy) is 5. The number of aliphatic hydroxyl groups is 4. The molecule has 5 aliphatic rings. The van der Waals surface area contributed by atoms with Crippen LogP contribution in [0.1, 0.15) is 55.8 Å². The van der Waals surface area contributed by atoms with Crippen molar-refractivity contribution in [1.29, 1.82) is 0 Å². The lowest BCUT2D eigenvalue weighted by molar-refractivity contribution is -0.303. The minimum Gasteiger partial charge on any atom is -0.507 e. The van der Waals surface area contributed by atoms with Crippen molar-refractivity contribution in [1.82, 2.24) is 0 Å². The van der Waals surface area contributed by atoms with E-state index in [9.17, 15) is 35.4 Å². The molecule has 0 spiro atoms. The molecule has 2 aromatic carbocycles. The zero-order valence-corrected chi connectivity index (χ0v) is 27.9. The molecule has 2 fully saturated rings. The van der Waals surface area contributed by atoms with Gasteiger partial charge in [0.15, 0.2) is 23.3 Å². The van der Waals surface area contributed by atoms with E-state index in [-0.39, 0.29) is 46.9 Å². The average Bonchev–Trinajstić information content (AvgIpc) is 3.91. The van der Waals surface area contributed by atoms with Gasteiger partial charge in [0.1, 0.15) is 53.1 Å². The number of phenolic OH excluding ortho intramolecular Hbond substituents is 1. The molecule has 0 amide bonds. The maximum absolute atomic E-state index is 12.3. The summed E-state index contributed by atoms with van der Waals surface area (Å²) in [5, 5.41) is 72.0. The number of aliphatic carboxylic acids is 1. The monoisotopic (exact) mass is 719 g/mol. The zero-order chi connectivity index (χ0) is 36.6. The highest BCUT2D eigenvalue weighted by atomic mass is 16.7. The number of carbonyl (C=O) groups is 1. The maximum atomic E-state index is 12.3. The number of fused-ring (bicyclic) bond motifs is 1. The second kappa shape index (κ2) is 14.4. The number of phenols is 1. The van der Waals surface area contributed by atoms with Gasteiger partial charge in [0.2, 0.25) is 12.0 Å². The number of aromatic hydroxyl groups is 1. The van der Waals surface area contributed by atoms with Gasteiger partial charge in [0, 0.05) is 36.8 Å². The number of allylic oxidation sites excluding steroid dienone is 1. The Balaban J connectivity index is 1.13. The molecular weight excluding hydrogens is 680 g/mol. The first-order valence-electron chi connectivity index (χ1n) is 16.9. The van der Waals surface area contributed by atoms with Crippen molar-refractivity contribution in [2.45, 2.75) is 80.9 Å². The lowest BCUT2D eigenvalue weighted by Crippen LogP contribution is -2.69. The third kappa shape index (κ3) is 6.97. The number of aliphatic imine (C=N–C) groups is 3. The summed E-state index contributed by atoms with van der Waals surface area (Å²) in [4.78, 5) is 24.4. The van der Waals surface area contributed by atoms with E-state index in [1.54, 1.807) is 30.3 Å². The Morgan fingerprint density at radius 2 is 1.85 bits per heavy atom. The summed E-state index contributed by atoms with van der Waals surface area (Å²) in [5.74, 6) is -1.84. The van der Waals surface area contributed by atoms with Crippen LogP contribution >= 0.6 is 0 Å². The Kier molecular flexibility index (Phi) is 9.71. The van der Waals surface area contributed by atoms with Crippen LogP contribution in [0.5, 0.6) is 28.7 Å². The van der Waals surface area contributed by atoms with Crippen LogP contribution in [0.25, 0.3) is 5.76 Å². The summed E-state index contributed by atoms with van der Waals surface area (Å²) in [6, 6.07) is 8.33. The van der Waals surface area contributed by atoms with E-state index in [0.717, 1.165) is 18.6 Å². The van der Waals surface area contributed by atoms with E-state index >= 15 is 0 Å². The lowest BCUT2D eigenvalue weighted by atomic mass is 9.80. The van der Waals surface area contributed by atoms with Gasteiger partial charge in [-0.25, -0.2) is 9.79 Å². The molecule has 1 saturated heterocycles. The molecule has 1 aliphatic carbocycles. The third-order valence-electron chi connectivity index (χ3n) is 9.53. The zero-order valence-electron chi connectivity index (χ0n) is 27.9. The molecule has 2 aromatic rings. The second-order valence-electron chi connectivity index (χ2n) is 13.2. The van der Waals surface area contributed by atoms with Crippen molar-refractivity contribution in [3.8, 4) is 28.7 Å². The summed E-state index contributed by atoms with van der Waals surface area (Å²) in [6.07, 6.45) is 0.402. The van der Waals surface area contributed by atoms with E-state index in [4.69, 9.17) is 29.1 Å². The molecule has 16 heteroatoms. The highest BCUT2D eigenvalue weighted by molar-refractivity contribution is 6.13. The highest BCUT2D eigenvalue weighted by Gasteiger charge is 2.59. The van der Waals surface area contributed by atoms with E-state index < -0.39 is 54.4 Å². The van der Waals surface area contributed by atoms with E-state index in [2.05, 4.69) is 15.0 Å². The van der Waals surface area contributed by atoms with Crippen LogP contribution in [-0.2, 0) is 9.53 Å². The topological polar surface area (TPSA) is 247 Å². The Hall–Kier alpha value is -5.29. The van der Waals surface area contributed by atoms with Crippen molar-refractivity contribution in [3.05, 3.63) is 59.7 Å². The molecule has 4 heterocycles. The smallest absolute Gasteiger partial charge is 0.336 e. The molecule has 0 bridgehead atoms. The minimum absolute atomic E-state index is 0.0190. The first-order chi connectivity index (χ1) is 25.0. The first-order valence-corrected chi connectivity index (χ1v) is 16.9. The predicted molar refractivity (Wildman–Crippen MR) is 184 cm³/mol. The van der Waals surface area contributed by atoms with Crippen LogP contribution in [0.15, 0.2) is 63.5 Å². The summed E-state index contributed by atoms with van der Waals surface area (Å²) in [5.41, 5.74) is -0.809. The quantitative estimate of drug-likeness (QED) is 0.164. The van der Waals surface area contributed by atoms with Crippen molar-refractivity contribution in [3.63, 3.8) is 0 Å². The number of nitrogens with two attached hydrogens (primary N) is 1. The second-order valence-corrected chi connectivity index (χ2v) is 13.2. The van der Waals surface area contributed by atoms with Gasteiger partial charge in [-0.15, -0.1) is 0 Å². The molecule has 8 N–H and O–H groups in total. The summed E-state index contributed by atoms with van der Waals surface area (Å²) >= 11 is 0. The van der Waals surface area contributed by atoms with Crippen LogP contribution in [0, 0.1) is 0 Å². The van der Waals surface area contributed by atoms with Crippen LogP contribution in [-0.4, -0.2) is 110 Å². The highest BCUT2D eigenvalue weighted by Crippen LogP contribution is 2.52. The van der Waals surface area contributed by atoms with Gasteiger partial charge in [-0.3, -0.25) is 10.4 Å². The number of carboxylic acid groups (broad SMARTS) is 1. The Bertz CT molecular complexity index is 1880. The molecule has 16 nitrogen and oxygen atoms in total. The molecule has 0 radical (unpaired) electrons. The van der Waals surface area contributed by atoms with Gasteiger partial charge >= 0.3 is 11.8 Å². The molecule has 1 unspecified atom stereocenters. The number of carboxylic acids is 1. The van der Waals surface area contributed by atoms with Crippen molar-refractivity contribution in [2.24, 2.45) is 15.0 Å². The van der Waals surface area contributed by atoms with Crippen molar-refractivity contribution < 1.29 is 64.5 Å². The van der Waals surface area contributed by atoms with E-state index in [1.807, 2.05) is 6.08 Å². The van der Waals surface area contributed by atoms with Crippen LogP contribution in [0.3, 0.4) is 0 Å². The number of rotatable bonds is 12. The number of hydrogen-bond acceptors (Lipinski definition) is 13. The largest absolute Gasteiger partial charge is 0.507 e. The molecule has 52 heavy (non-hydrogen) atoms. The van der Waals surface area contributed by atoms with Gasteiger partial charge in [0.05, 0.1) is 19.3 Å². The van der Waals surface area contributed by atoms with Crippen LogP contribution < -0.4 is 24.4 Å². The number of benzene rings is 2. The number of hydrogen-bond donors (Lipinski definition) is 7. The summed E-state index contributed by atoms with van der Waals surface area (Å²) in [7, 11) is 0. The fourth-order valence-corrected chi connectivity index (χ4v) is 6.83. The Morgan fingerprint density at radius 3 is 2.52 bits per heavy atom. The van der Waals surface area contributed by atoms with Gasteiger partial charge in [-0.05, 0) is 54.4 Å². The third-order valence-corrected chi connectivity index (χ3v) is 9.53. The van der Waals surface area contributed by atoms with Gasteiger partial charge in [-0.1, -0.05) is 12.1 Å². The first kappa shape index (κ1) is 35.1. The average molecular weight is 720 g/mol. The van der Waals surface area contributed by atoms with Crippen LogP contribution in [0.2, 0.25) is 0 Å². The summed E-state index contributed by atoms with van der Waals surface area (Å²) in [6.45, 7) is 0.460. The predicted octanol–water partition coefficient (Wildman–Crippen LogP) is 1.20. The number of nitrogens with zero attached hydrogens (tertiary/aromatic N) is 3. The molecule has 274 valence electrons. The van der Waals surface area contributed by atoms with Gasteiger partial charge in [0.25, 0.3) is 0 Å². The van der Waals surface area contributed by atoms with E-state index in [1.165, 1.54) is 18.5 Å². The normalized spacial score (nSPS) is 28.2. The van der Waals surface area contributed by atoms with Gasteiger partial charge < -0.3 is 54.3 Å². The fraction of sp³-hybridized carbons (Fsp3) is 0.417. The maximum Gasteiger partial charge on any atom is 0.336 e. The molecular formula is C36H39N4O12+. The Morgan fingerprint density at radius 1 is 1.08 bits per heavy atom. The van der Waals surface area contributed by atoms with Crippen LogP contribution in [0.4, 0.5) is 0 Å². The van der Waals surface area contributed by atoms with Crippen molar-refractivity contribution >= 4 is 35.3 Å². The molecule has 1 saturated carbocycles. The Labute approximate surface area is 297 Å².